The summed E-state index contributed by atoms with van der Waals surface area (Å²) in [6, 6.07) is 15.6. The first-order chi connectivity index (χ1) is 9.83. The molecule has 0 bridgehead atoms. The van der Waals surface area contributed by atoms with Crippen molar-refractivity contribution in [3.63, 3.8) is 0 Å². The number of carbonyl (C=O) groups excluding carboxylic acids is 1. The van der Waals surface area contributed by atoms with E-state index in [1.807, 2.05) is 48.5 Å². The molecule has 2 aromatic rings. The summed E-state index contributed by atoms with van der Waals surface area (Å²) in [6.07, 6.45) is 0.673. The molecule has 20 heavy (non-hydrogen) atoms. The Morgan fingerprint density at radius 1 is 1.05 bits per heavy atom. The Morgan fingerprint density at radius 3 is 2.55 bits per heavy atom. The first-order valence-corrected chi connectivity index (χ1v) is 6.34. The Bertz CT molecular complexity index is 555. The van der Waals surface area contributed by atoms with Crippen LogP contribution in [0, 0.1) is 0 Å². The van der Waals surface area contributed by atoms with E-state index < -0.39 is 0 Å². The quantitative estimate of drug-likeness (QED) is 0.787. The lowest BCUT2D eigenvalue weighted by atomic mass is 10.2. The lowest BCUT2D eigenvalue weighted by Gasteiger charge is -2.12. The number of hydrogen-bond acceptors (Lipinski definition) is 3. The van der Waals surface area contributed by atoms with Gasteiger partial charge in [0.05, 0.1) is 7.11 Å². The van der Waals surface area contributed by atoms with Gasteiger partial charge in [-0.1, -0.05) is 36.4 Å². The highest BCUT2D eigenvalue weighted by Gasteiger charge is 2.06. The van der Waals surface area contributed by atoms with Crippen LogP contribution in [0.3, 0.4) is 0 Å². The van der Waals surface area contributed by atoms with Crippen LogP contribution in [0.4, 0.5) is 0 Å². The number of carbonyl (C=O) groups is 1. The Kier molecular flexibility index (Phi) is 5.00. The summed E-state index contributed by atoms with van der Waals surface area (Å²) in [5, 5.41) is 2.62. The van der Waals surface area contributed by atoms with Gasteiger partial charge in [-0.15, -0.1) is 0 Å². The van der Waals surface area contributed by atoms with E-state index in [9.17, 15) is 4.79 Å². The monoisotopic (exact) mass is 271 g/mol. The predicted octanol–water partition coefficient (Wildman–Crippen LogP) is 2.52. The lowest BCUT2D eigenvalue weighted by molar-refractivity contribution is -0.109. The molecule has 0 aromatic heterocycles. The summed E-state index contributed by atoms with van der Waals surface area (Å²) in [7, 11) is 1.60. The van der Waals surface area contributed by atoms with Crippen molar-refractivity contribution in [3.8, 4) is 11.5 Å². The van der Waals surface area contributed by atoms with Crippen LogP contribution in [0.5, 0.6) is 11.5 Å². The van der Waals surface area contributed by atoms with Gasteiger partial charge in [-0.25, -0.2) is 0 Å². The molecule has 0 atom stereocenters. The fourth-order valence-electron chi connectivity index (χ4n) is 1.84. The van der Waals surface area contributed by atoms with Crippen molar-refractivity contribution in [1.82, 2.24) is 5.32 Å². The summed E-state index contributed by atoms with van der Waals surface area (Å²) in [4.78, 5) is 10.3. The van der Waals surface area contributed by atoms with E-state index in [0.717, 1.165) is 11.1 Å². The normalized spacial score (nSPS) is 9.85. The van der Waals surface area contributed by atoms with E-state index in [0.29, 0.717) is 31.1 Å². The molecule has 0 unspecified atom stereocenters. The van der Waals surface area contributed by atoms with Gasteiger partial charge in [-0.05, 0) is 23.3 Å². The van der Waals surface area contributed by atoms with E-state index in [1.54, 1.807) is 7.11 Å². The minimum Gasteiger partial charge on any atom is -0.493 e. The highest BCUT2D eigenvalue weighted by molar-refractivity contribution is 5.48. The van der Waals surface area contributed by atoms with Gasteiger partial charge in [0.25, 0.3) is 0 Å². The Morgan fingerprint density at radius 2 is 1.85 bits per heavy atom. The van der Waals surface area contributed by atoms with E-state index in [-0.39, 0.29) is 0 Å². The van der Waals surface area contributed by atoms with Crippen LogP contribution in [0.25, 0.3) is 0 Å². The van der Waals surface area contributed by atoms with Crippen molar-refractivity contribution in [3.05, 3.63) is 59.7 Å². The minimum atomic E-state index is 0.471. The lowest BCUT2D eigenvalue weighted by Crippen LogP contribution is -2.09. The predicted molar refractivity (Wildman–Crippen MR) is 76.7 cm³/mol. The van der Waals surface area contributed by atoms with Crippen LogP contribution < -0.4 is 14.8 Å². The molecular formula is C16H17NO3. The van der Waals surface area contributed by atoms with Gasteiger partial charge in [-0.3, -0.25) is 4.79 Å². The van der Waals surface area contributed by atoms with Crippen molar-refractivity contribution in [2.75, 3.05) is 7.11 Å². The molecule has 0 aliphatic carbocycles. The average molecular weight is 271 g/mol. The van der Waals surface area contributed by atoms with Crippen LogP contribution in [0.1, 0.15) is 11.1 Å². The molecule has 4 nitrogen and oxygen atoms in total. The molecule has 4 heteroatoms. The van der Waals surface area contributed by atoms with Gasteiger partial charge in [-0.2, -0.15) is 0 Å². The molecule has 2 rings (SSSR count). The second-order valence-electron chi connectivity index (χ2n) is 4.26. The third kappa shape index (κ3) is 3.75. The Hall–Kier alpha value is -2.49. The van der Waals surface area contributed by atoms with E-state index >= 15 is 0 Å². The molecule has 0 heterocycles. The zero-order chi connectivity index (χ0) is 14.2. The molecular weight excluding hydrogens is 254 g/mol. The van der Waals surface area contributed by atoms with Crippen LogP contribution in [0.2, 0.25) is 0 Å². The summed E-state index contributed by atoms with van der Waals surface area (Å²) >= 11 is 0. The fourth-order valence-corrected chi connectivity index (χ4v) is 1.84. The van der Waals surface area contributed by atoms with E-state index in [4.69, 9.17) is 9.47 Å². The Balaban J connectivity index is 2.05. The molecule has 0 fully saturated rings. The molecule has 0 spiro atoms. The fraction of sp³-hybridized carbons (Fsp3) is 0.188. The maximum absolute atomic E-state index is 10.3. The van der Waals surface area contributed by atoms with Crippen LogP contribution in [0.15, 0.2) is 48.5 Å². The number of nitrogens with one attached hydrogen (secondary N) is 1. The topological polar surface area (TPSA) is 47.6 Å². The maximum atomic E-state index is 10.3. The summed E-state index contributed by atoms with van der Waals surface area (Å²) in [5.74, 6) is 1.34. The van der Waals surface area contributed by atoms with Crippen molar-refractivity contribution in [2.24, 2.45) is 0 Å². The first-order valence-electron chi connectivity index (χ1n) is 6.34. The molecule has 0 radical (unpaired) electrons. The molecule has 0 saturated carbocycles. The number of hydrogen-bond donors (Lipinski definition) is 1. The number of benzene rings is 2. The van der Waals surface area contributed by atoms with Crippen molar-refractivity contribution in [1.29, 1.82) is 0 Å². The molecule has 104 valence electrons. The molecule has 1 amide bonds. The number of rotatable bonds is 7. The highest BCUT2D eigenvalue weighted by Crippen LogP contribution is 2.28. The van der Waals surface area contributed by atoms with Crippen molar-refractivity contribution < 1.29 is 14.3 Å². The van der Waals surface area contributed by atoms with Gasteiger partial charge in [0.15, 0.2) is 11.5 Å². The van der Waals surface area contributed by atoms with Gasteiger partial charge in [0.2, 0.25) is 6.41 Å². The molecule has 2 aromatic carbocycles. The van der Waals surface area contributed by atoms with Crippen LogP contribution >= 0.6 is 0 Å². The van der Waals surface area contributed by atoms with Crippen molar-refractivity contribution >= 4 is 6.41 Å². The summed E-state index contributed by atoms with van der Waals surface area (Å²) in [5.41, 5.74) is 2.06. The zero-order valence-electron chi connectivity index (χ0n) is 11.3. The number of ether oxygens (including phenoxy) is 2. The smallest absolute Gasteiger partial charge is 0.207 e. The average Bonchev–Trinajstić information content (AvgIpc) is 2.52. The van der Waals surface area contributed by atoms with Crippen LogP contribution in [-0.4, -0.2) is 13.5 Å². The second-order valence-corrected chi connectivity index (χ2v) is 4.26. The molecule has 0 aliphatic rings. The number of amides is 1. The van der Waals surface area contributed by atoms with Crippen LogP contribution in [-0.2, 0) is 17.9 Å². The van der Waals surface area contributed by atoms with E-state index in [1.165, 1.54) is 0 Å². The van der Waals surface area contributed by atoms with E-state index in [2.05, 4.69) is 5.32 Å². The highest BCUT2D eigenvalue weighted by atomic mass is 16.5. The summed E-state index contributed by atoms with van der Waals surface area (Å²) < 4.78 is 11.1. The number of methoxy groups -OCH3 is 1. The second kappa shape index (κ2) is 7.19. The SMILES string of the molecule is COc1cc(CNC=O)ccc1OCc1ccccc1. The zero-order valence-corrected chi connectivity index (χ0v) is 11.3. The standard InChI is InChI=1S/C16H17NO3/c1-19-16-9-14(10-17-12-18)7-8-15(16)20-11-13-5-3-2-4-6-13/h2-9,12H,10-11H2,1H3,(H,17,18). The van der Waals surface area contributed by atoms with Gasteiger partial charge < -0.3 is 14.8 Å². The summed E-state index contributed by atoms with van der Waals surface area (Å²) in [6.45, 7) is 0.960. The van der Waals surface area contributed by atoms with Crippen molar-refractivity contribution in [2.45, 2.75) is 13.2 Å². The third-order valence-electron chi connectivity index (χ3n) is 2.85. The molecule has 0 aliphatic heterocycles. The first kappa shape index (κ1) is 13.9. The third-order valence-corrected chi connectivity index (χ3v) is 2.85. The Labute approximate surface area is 118 Å². The minimum absolute atomic E-state index is 0.471. The molecule has 1 N–H and O–H groups in total. The maximum Gasteiger partial charge on any atom is 0.207 e. The molecule has 0 saturated heterocycles. The largest absolute Gasteiger partial charge is 0.493 e. The van der Waals surface area contributed by atoms with Gasteiger partial charge in [0.1, 0.15) is 6.61 Å². The van der Waals surface area contributed by atoms with Gasteiger partial charge in [0, 0.05) is 6.54 Å². The van der Waals surface area contributed by atoms with Gasteiger partial charge >= 0.3 is 0 Å².